The number of halogens is 1. The first-order chi connectivity index (χ1) is 8.63. The molecule has 1 aromatic heterocycles. The highest BCUT2D eigenvalue weighted by Crippen LogP contribution is 2.17. The van der Waals surface area contributed by atoms with E-state index in [1.807, 2.05) is 6.92 Å². The van der Waals surface area contributed by atoms with Crippen LogP contribution in [-0.2, 0) is 6.54 Å². The number of hydrogen-bond donors (Lipinski definition) is 1. The molecule has 1 N–H and O–H groups in total. The van der Waals surface area contributed by atoms with E-state index in [1.54, 1.807) is 6.20 Å². The van der Waals surface area contributed by atoms with Gasteiger partial charge in [0.05, 0.1) is 17.9 Å². The zero-order chi connectivity index (χ0) is 13.5. The second-order valence-electron chi connectivity index (χ2n) is 4.03. The Morgan fingerprint density at radius 1 is 1.61 bits per heavy atom. The van der Waals surface area contributed by atoms with Crippen molar-refractivity contribution in [1.29, 1.82) is 0 Å². The van der Waals surface area contributed by atoms with Gasteiger partial charge in [0.25, 0.3) is 5.56 Å². The van der Waals surface area contributed by atoms with Crippen molar-refractivity contribution in [3.8, 4) is 12.3 Å². The predicted octanol–water partition coefficient (Wildman–Crippen LogP) is 2.52. The molecule has 0 saturated carbocycles. The zero-order valence-corrected chi connectivity index (χ0v) is 11.5. The molecule has 1 unspecified atom stereocenters. The number of unbranched alkanes of at least 4 members (excludes halogenated alkanes) is 1. The van der Waals surface area contributed by atoms with Gasteiger partial charge >= 0.3 is 0 Å². The molecule has 0 aliphatic rings. The Kier molecular flexibility index (Phi) is 5.73. The minimum atomic E-state index is -0.276. The van der Waals surface area contributed by atoms with Gasteiger partial charge in [0.2, 0.25) is 0 Å². The van der Waals surface area contributed by atoms with Crippen LogP contribution in [0.3, 0.4) is 0 Å². The first kappa shape index (κ1) is 14.6. The van der Waals surface area contributed by atoms with Gasteiger partial charge in [0, 0.05) is 6.54 Å². The number of anilines is 1. The number of terminal acetylenes is 1. The Balaban J connectivity index is 2.94. The number of hydrogen-bond acceptors (Lipinski definition) is 3. The first-order valence-electron chi connectivity index (χ1n) is 6.12. The fourth-order valence-electron chi connectivity index (χ4n) is 1.48. The maximum Gasteiger partial charge on any atom is 0.287 e. The van der Waals surface area contributed by atoms with Crippen LogP contribution in [-0.4, -0.2) is 15.8 Å². The summed E-state index contributed by atoms with van der Waals surface area (Å²) in [4.78, 5) is 11.9. The number of rotatable bonds is 6. The summed E-state index contributed by atoms with van der Waals surface area (Å²) in [5.74, 6) is 2.59. The molecule has 1 rings (SSSR count). The fraction of sp³-hybridized carbons (Fsp3) is 0.538. The van der Waals surface area contributed by atoms with Crippen LogP contribution in [0, 0.1) is 12.3 Å². The van der Waals surface area contributed by atoms with Crippen LogP contribution >= 0.6 is 11.6 Å². The van der Waals surface area contributed by atoms with Crippen LogP contribution in [0.2, 0.25) is 5.02 Å². The van der Waals surface area contributed by atoms with Crippen LogP contribution < -0.4 is 10.9 Å². The molecule has 98 valence electrons. The summed E-state index contributed by atoms with van der Waals surface area (Å²) in [6, 6.07) is -0.143. The molecular formula is C13H18ClN3O. The highest BCUT2D eigenvalue weighted by atomic mass is 35.5. The van der Waals surface area contributed by atoms with Gasteiger partial charge in [-0.05, 0) is 12.8 Å². The second-order valence-corrected chi connectivity index (χ2v) is 4.40. The number of aryl methyl sites for hydroxylation is 1. The number of nitrogens with one attached hydrogen (secondary N) is 1. The van der Waals surface area contributed by atoms with Crippen molar-refractivity contribution < 1.29 is 0 Å². The molecule has 4 nitrogen and oxygen atoms in total. The summed E-state index contributed by atoms with van der Waals surface area (Å²) < 4.78 is 1.38. The lowest BCUT2D eigenvalue weighted by molar-refractivity contribution is 0.543. The maximum atomic E-state index is 11.9. The third-order valence-electron chi connectivity index (χ3n) is 2.65. The van der Waals surface area contributed by atoms with E-state index in [4.69, 9.17) is 18.0 Å². The summed E-state index contributed by atoms with van der Waals surface area (Å²) in [5.41, 5.74) is 0.223. The van der Waals surface area contributed by atoms with Gasteiger partial charge in [0.15, 0.2) is 0 Å². The Bertz CT molecular complexity index is 490. The van der Waals surface area contributed by atoms with Crippen molar-refractivity contribution >= 4 is 17.3 Å². The minimum absolute atomic E-state index is 0.143. The molecule has 0 spiro atoms. The molecule has 1 heterocycles. The Morgan fingerprint density at radius 2 is 2.33 bits per heavy atom. The maximum absolute atomic E-state index is 11.9. The molecule has 0 aliphatic carbocycles. The van der Waals surface area contributed by atoms with Crippen molar-refractivity contribution in [3.05, 3.63) is 21.6 Å². The van der Waals surface area contributed by atoms with Crippen molar-refractivity contribution in [1.82, 2.24) is 9.78 Å². The lowest BCUT2D eigenvalue weighted by atomic mass is 10.2. The standard InChI is InChI=1S/C13H18ClN3O/c1-4-7-8-17-13(18)12(14)11(9-15-17)16-10(5-2)6-3/h2,9-10,16H,4,6-8H2,1,3H3. The molecule has 0 fully saturated rings. The van der Waals surface area contributed by atoms with Gasteiger partial charge < -0.3 is 5.32 Å². The molecule has 18 heavy (non-hydrogen) atoms. The largest absolute Gasteiger partial charge is 0.369 e. The molecule has 0 aliphatic heterocycles. The lowest BCUT2D eigenvalue weighted by Crippen LogP contribution is -2.26. The van der Waals surface area contributed by atoms with Crippen LogP contribution in [0.25, 0.3) is 0 Å². The van der Waals surface area contributed by atoms with Gasteiger partial charge in [-0.3, -0.25) is 4.79 Å². The van der Waals surface area contributed by atoms with E-state index in [2.05, 4.69) is 23.3 Å². The van der Waals surface area contributed by atoms with Crippen molar-refractivity contribution in [2.75, 3.05) is 5.32 Å². The molecule has 0 aromatic carbocycles. The summed E-state index contributed by atoms with van der Waals surface area (Å²) in [7, 11) is 0. The number of aromatic nitrogens is 2. The molecule has 5 heteroatoms. The van der Waals surface area contributed by atoms with Gasteiger partial charge in [0.1, 0.15) is 5.02 Å². The Labute approximate surface area is 112 Å². The highest BCUT2D eigenvalue weighted by molar-refractivity contribution is 6.32. The van der Waals surface area contributed by atoms with Crippen molar-refractivity contribution in [2.24, 2.45) is 0 Å². The monoisotopic (exact) mass is 267 g/mol. The van der Waals surface area contributed by atoms with Gasteiger partial charge in [-0.15, -0.1) is 6.42 Å². The molecule has 1 aromatic rings. The first-order valence-corrected chi connectivity index (χ1v) is 6.50. The summed E-state index contributed by atoms with van der Waals surface area (Å²) in [6.07, 6.45) is 9.57. The molecule has 0 amide bonds. The topological polar surface area (TPSA) is 46.9 Å². The van der Waals surface area contributed by atoms with Crippen LogP contribution in [0.5, 0.6) is 0 Å². The minimum Gasteiger partial charge on any atom is -0.369 e. The van der Waals surface area contributed by atoms with Crippen LogP contribution in [0.4, 0.5) is 5.69 Å². The van der Waals surface area contributed by atoms with Crippen molar-refractivity contribution in [2.45, 2.75) is 45.7 Å². The fourth-order valence-corrected chi connectivity index (χ4v) is 1.68. The molecular weight excluding hydrogens is 250 g/mol. The molecule has 0 bridgehead atoms. The number of nitrogens with zero attached hydrogens (tertiary/aromatic N) is 2. The van der Waals surface area contributed by atoms with Gasteiger partial charge in [-0.25, -0.2) is 4.68 Å². The molecule has 0 saturated heterocycles. The van der Waals surface area contributed by atoms with E-state index in [-0.39, 0.29) is 16.6 Å². The van der Waals surface area contributed by atoms with E-state index in [9.17, 15) is 4.79 Å². The Hall–Kier alpha value is -1.47. The summed E-state index contributed by atoms with van der Waals surface area (Å²) in [5, 5.41) is 7.26. The Morgan fingerprint density at radius 3 is 2.89 bits per heavy atom. The average molecular weight is 268 g/mol. The zero-order valence-electron chi connectivity index (χ0n) is 10.7. The lowest BCUT2D eigenvalue weighted by Gasteiger charge is -2.13. The molecule has 0 radical (unpaired) electrons. The third-order valence-corrected chi connectivity index (χ3v) is 3.01. The summed E-state index contributed by atoms with van der Waals surface area (Å²) in [6.45, 7) is 4.60. The summed E-state index contributed by atoms with van der Waals surface area (Å²) >= 11 is 6.03. The average Bonchev–Trinajstić information content (AvgIpc) is 2.39. The smallest absolute Gasteiger partial charge is 0.287 e. The normalized spacial score (nSPS) is 11.9. The second kappa shape index (κ2) is 7.07. The van der Waals surface area contributed by atoms with E-state index in [0.29, 0.717) is 12.2 Å². The SMILES string of the molecule is C#CC(CC)Nc1cnn(CCCC)c(=O)c1Cl. The highest BCUT2D eigenvalue weighted by Gasteiger charge is 2.11. The third kappa shape index (κ3) is 3.51. The molecule has 1 atom stereocenters. The quantitative estimate of drug-likeness (QED) is 0.806. The van der Waals surface area contributed by atoms with Gasteiger partial charge in [-0.2, -0.15) is 5.10 Å². The van der Waals surface area contributed by atoms with E-state index in [1.165, 1.54) is 4.68 Å². The van der Waals surface area contributed by atoms with Gasteiger partial charge in [-0.1, -0.05) is 37.8 Å². The van der Waals surface area contributed by atoms with E-state index < -0.39 is 0 Å². The van der Waals surface area contributed by atoms with Crippen LogP contribution in [0.1, 0.15) is 33.1 Å². The van der Waals surface area contributed by atoms with Crippen LogP contribution in [0.15, 0.2) is 11.0 Å². The predicted molar refractivity (Wildman–Crippen MR) is 74.9 cm³/mol. The van der Waals surface area contributed by atoms with E-state index >= 15 is 0 Å². The van der Waals surface area contributed by atoms with E-state index in [0.717, 1.165) is 19.3 Å². The van der Waals surface area contributed by atoms with Crippen molar-refractivity contribution in [3.63, 3.8) is 0 Å².